The highest BCUT2D eigenvalue weighted by molar-refractivity contribution is 6.00. The van der Waals surface area contributed by atoms with Gasteiger partial charge >= 0.3 is 5.97 Å². The van der Waals surface area contributed by atoms with E-state index in [0.717, 1.165) is 17.1 Å². The molecule has 5 rings (SSSR count). The number of carboxylic acids is 1. The number of benzene rings is 2. The van der Waals surface area contributed by atoms with Crippen molar-refractivity contribution in [1.29, 1.82) is 0 Å². The predicted octanol–water partition coefficient (Wildman–Crippen LogP) is 0.221. The molecule has 0 amide bonds. The number of carbonyl (C=O) groups excluding carboxylic acids is 2. The maximum atomic E-state index is 11.8. The molecule has 0 bridgehead atoms. The van der Waals surface area contributed by atoms with Crippen LogP contribution in [-0.4, -0.2) is 66.4 Å². The normalized spacial score (nSPS) is 22.8. The van der Waals surface area contributed by atoms with Crippen molar-refractivity contribution >= 4 is 39.8 Å². The molecular formula is C28H26N2O9. The topological polar surface area (TPSA) is 195 Å². The van der Waals surface area contributed by atoms with Gasteiger partial charge in [-0.3, -0.25) is 0 Å². The second-order valence-electron chi connectivity index (χ2n) is 9.12. The molecule has 0 saturated heterocycles. The number of aromatic hydroxyl groups is 2. The summed E-state index contributed by atoms with van der Waals surface area (Å²) in [6.07, 6.45) is 0.0499. The van der Waals surface area contributed by atoms with E-state index in [-0.39, 0.29) is 11.5 Å². The molecule has 1 fully saturated rings. The third kappa shape index (κ3) is 6.29. The first-order chi connectivity index (χ1) is 18.6. The molecule has 6 N–H and O–H groups in total. The van der Waals surface area contributed by atoms with Crippen LogP contribution in [0.4, 0.5) is 0 Å². The van der Waals surface area contributed by atoms with Gasteiger partial charge in [-0.05, 0) is 42.0 Å². The van der Waals surface area contributed by atoms with Crippen molar-refractivity contribution in [3.8, 4) is 11.5 Å². The molecule has 1 aliphatic rings. The van der Waals surface area contributed by atoms with Gasteiger partial charge in [-0.25, -0.2) is 14.8 Å². The van der Waals surface area contributed by atoms with Crippen molar-refractivity contribution in [3.63, 3.8) is 0 Å². The lowest BCUT2D eigenvalue weighted by Crippen LogP contribution is -2.60. The number of fused-ring (bicyclic) bond motifs is 3. The van der Waals surface area contributed by atoms with E-state index >= 15 is 0 Å². The van der Waals surface area contributed by atoms with E-state index in [4.69, 9.17) is 4.74 Å². The van der Waals surface area contributed by atoms with Gasteiger partial charge in [-0.1, -0.05) is 18.2 Å². The van der Waals surface area contributed by atoms with Gasteiger partial charge in [-0.15, -0.1) is 0 Å². The van der Waals surface area contributed by atoms with Crippen LogP contribution in [0.15, 0.2) is 73.1 Å². The fourth-order valence-electron chi connectivity index (χ4n) is 4.26. The Hall–Kier alpha value is -4.58. The molecule has 4 unspecified atom stereocenters. The van der Waals surface area contributed by atoms with Crippen LogP contribution < -0.4 is 10.1 Å². The second-order valence-corrected chi connectivity index (χ2v) is 9.12. The number of nitrogens with zero attached hydrogens (tertiary/aromatic N) is 1. The molecule has 2 aromatic carbocycles. The predicted molar refractivity (Wildman–Crippen MR) is 136 cm³/mol. The summed E-state index contributed by atoms with van der Waals surface area (Å²) < 4.78 is 4.90. The number of phenols is 2. The second kappa shape index (κ2) is 11.4. The Labute approximate surface area is 221 Å². The van der Waals surface area contributed by atoms with Gasteiger partial charge in [0.15, 0.2) is 17.7 Å². The number of H-pyrrole nitrogens is 1. The van der Waals surface area contributed by atoms with Crippen molar-refractivity contribution in [2.24, 2.45) is 0 Å². The molecule has 11 nitrogen and oxygen atoms in total. The number of carbonyl (C=O) groups is 2. The Morgan fingerprint density at radius 2 is 1.77 bits per heavy atom. The van der Waals surface area contributed by atoms with E-state index in [0.29, 0.717) is 5.56 Å². The third-order valence-electron chi connectivity index (χ3n) is 6.33. The van der Waals surface area contributed by atoms with Crippen LogP contribution in [0.1, 0.15) is 18.4 Å². The summed E-state index contributed by atoms with van der Waals surface area (Å²) in [4.78, 5) is 30.4. The monoisotopic (exact) mass is 534 g/mol. The molecule has 2 aromatic heterocycles. The highest BCUT2D eigenvalue weighted by Gasteiger charge is 2.46. The Morgan fingerprint density at radius 3 is 2.51 bits per heavy atom. The molecule has 2 heterocycles. The van der Waals surface area contributed by atoms with E-state index < -0.39 is 48.7 Å². The zero-order valence-corrected chi connectivity index (χ0v) is 20.5. The minimum absolute atomic E-state index is 0.333. The fraction of sp³-hybridized carbons (Fsp3) is 0.214. The first kappa shape index (κ1) is 27.5. The van der Waals surface area contributed by atoms with Crippen LogP contribution in [0, 0.1) is 0 Å². The average Bonchev–Trinajstić information content (AvgIpc) is 2.92. The van der Waals surface area contributed by atoms with Crippen LogP contribution >= 0.6 is 0 Å². The molecule has 0 radical (unpaired) electrons. The van der Waals surface area contributed by atoms with Gasteiger partial charge in [-0.2, -0.15) is 0 Å². The first-order valence-electron chi connectivity index (χ1n) is 11.9. The Morgan fingerprint density at radius 1 is 1.03 bits per heavy atom. The smallest absolute Gasteiger partial charge is 0.331 e. The SMILES string of the molecule is O=C(/C=C/c1ccc(O)c(O)c1)OC1CC(O)(C(=O)[O-])CC(O)C1O.c1cnc2c(c1)ccc1ccc[nH+]c12. The zero-order valence-electron chi connectivity index (χ0n) is 20.5. The third-order valence-corrected chi connectivity index (χ3v) is 6.33. The maximum Gasteiger partial charge on any atom is 0.331 e. The molecular weight excluding hydrogens is 508 g/mol. The standard InChI is InChI=1S/C16H18O9.C12H8N2/c17-9-3-1-8(5-10(9)18)2-4-13(20)25-12-7-16(24,15(22)23)6-11(19)14(12)21;1-3-9-5-6-10-4-2-8-14-12(10)11(9)13-7-1/h1-5,11-12,14,17-19,21,24H,6-7H2,(H,22,23);1-8H/b4-2+;. The highest BCUT2D eigenvalue weighted by Crippen LogP contribution is 2.31. The Balaban J connectivity index is 0.000000210. The van der Waals surface area contributed by atoms with E-state index in [2.05, 4.69) is 34.2 Å². The first-order valence-corrected chi connectivity index (χ1v) is 11.9. The summed E-state index contributed by atoms with van der Waals surface area (Å²) in [6.45, 7) is 0. The molecule has 39 heavy (non-hydrogen) atoms. The number of aliphatic carboxylic acids is 1. The molecule has 0 spiro atoms. The van der Waals surface area contributed by atoms with Crippen LogP contribution in [0.25, 0.3) is 27.9 Å². The van der Waals surface area contributed by atoms with Crippen LogP contribution in [-0.2, 0) is 14.3 Å². The quantitative estimate of drug-likeness (QED) is 0.105. The summed E-state index contributed by atoms with van der Waals surface area (Å²) in [5.41, 5.74) is 0.0784. The average molecular weight is 535 g/mol. The number of aromatic nitrogens is 2. The maximum absolute atomic E-state index is 11.8. The number of rotatable bonds is 4. The minimum atomic E-state index is -2.42. The van der Waals surface area contributed by atoms with Gasteiger partial charge < -0.3 is 40.2 Å². The van der Waals surface area contributed by atoms with Crippen molar-refractivity contribution in [1.82, 2.24) is 4.98 Å². The number of hydrogen-bond donors (Lipinski definition) is 5. The molecule has 4 atom stereocenters. The minimum Gasteiger partial charge on any atom is -0.547 e. The van der Waals surface area contributed by atoms with E-state index in [1.807, 2.05) is 24.5 Å². The number of pyridine rings is 2. The van der Waals surface area contributed by atoms with Gasteiger partial charge in [0.25, 0.3) is 0 Å². The van der Waals surface area contributed by atoms with Crippen molar-refractivity contribution in [2.75, 3.05) is 0 Å². The molecule has 1 aliphatic carbocycles. The summed E-state index contributed by atoms with van der Waals surface area (Å²) >= 11 is 0. The van der Waals surface area contributed by atoms with Gasteiger partial charge in [0, 0.05) is 42.0 Å². The number of aromatic amines is 1. The van der Waals surface area contributed by atoms with Gasteiger partial charge in [0.05, 0.1) is 12.1 Å². The highest BCUT2D eigenvalue weighted by atomic mass is 16.6. The number of carboxylic acid groups (broad SMARTS) is 1. The number of phenolic OH excluding ortho intramolecular Hbond substituents is 2. The van der Waals surface area contributed by atoms with Gasteiger partial charge in [0.1, 0.15) is 23.3 Å². The summed E-state index contributed by atoms with van der Waals surface area (Å²) in [5.74, 6) is -3.53. The van der Waals surface area contributed by atoms with Crippen LogP contribution in [0.5, 0.6) is 11.5 Å². The van der Waals surface area contributed by atoms with Crippen LogP contribution in [0.2, 0.25) is 0 Å². The number of aliphatic hydroxyl groups excluding tert-OH is 2. The Bertz CT molecular complexity index is 1490. The fourth-order valence-corrected chi connectivity index (χ4v) is 4.26. The lowest BCUT2D eigenvalue weighted by atomic mass is 9.79. The zero-order chi connectivity index (χ0) is 28.2. The van der Waals surface area contributed by atoms with Crippen molar-refractivity contribution in [2.45, 2.75) is 36.8 Å². The summed E-state index contributed by atoms with van der Waals surface area (Å²) in [6, 6.07) is 16.1. The molecule has 1 saturated carbocycles. The molecule has 0 aliphatic heterocycles. The number of ether oxygens (including phenoxy) is 1. The molecule has 202 valence electrons. The van der Waals surface area contributed by atoms with Crippen molar-refractivity contribution < 1.29 is 49.9 Å². The lowest BCUT2D eigenvalue weighted by Gasteiger charge is -2.41. The summed E-state index contributed by atoms with van der Waals surface area (Å²) in [5, 5.41) is 61.2. The molecule has 4 aromatic rings. The summed E-state index contributed by atoms with van der Waals surface area (Å²) in [7, 11) is 0. The number of aliphatic hydroxyl groups is 3. The van der Waals surface area contributed by atoms with Crippen LogP contribution in [0.3, 0.4) is 0 Å². The van der Waals surface area contributed by atoms with E-state index in [1.54, 1.807) is 0 Å². The Kier molecular flexibility index (Phi) is 8.05. The number of nitrogens with one attached hydrogen (secondary N) is 1. The number of hydrogen-bond acceptors (Lipinski definition) is 10. The van der Waals surface area contributed by atoms with E-state index in [9.17, 15) is 40.2 Å². The van der Waals surface area contributed by atoms with E-state index in [1.165, 1.54) is 35.0 Å². The largest absolute Gasteiger partial charge is 0.547 e. The molecule has 11 heteroatoms. The van der Waals surface area contributed by atoms with Crippen molar-refractivity contribution in [3.05, 3.63) is 78.6 Å². The van der Waals surface area contributed by atoms with Gasteiger partial charge in [0.2, 0.25) is 5.52 Å². The lowest BCUT2D eigenvalue weighted by molar-refractivity contribution is -0.343. The number of esters is 1.